The number of rotatable bonds is 6. The number of nitrogens with zero attached hydrogens (tertiary/aromatic N) is 2. The van der Waals surface area contributed by atoms with E-state index in [-0.39, 0.29) is 0 Å². The van der Waals surface area contributed by atoms with Gasteiger partial charge >= 0.3 is 0 Å². The number of guanidine groups is 1. The van der Waals surface area contributed by atoms with Crippen LogP contribution in [-0.4, -0.2) is 31.1 Å². The zero-order valence-corrected chi connectivity index (χ0v) is 14.2. The molecular weight excluding hydrogens is 335 g/mol. The quantitative estimate of drug-likeness (QED) is 0.476. The summed E-state index contributed by atoms with van der Waals surface area (Å²) >= 11 is 12.0. The molecule has 1 heterocycles. The molecule has 0 aliphatic heterocycles. The predicted octanol–water partition coefficient (Wildman–Crippen LogP) is 3.13. The molecule has 0 atom stereocenters. The average Bonchev–Trinajstić information content (AvgIpc) is 2.58. The number of nitrogens with one attached hydrogen (secondary N) is 2. The van der Waals surface area contributed by atoms with Gasteiger partial charge in [0.05, 0.1) is 23.8 Å². The van der Waals surface area contributed by atoms with Crippen LogP contribution in [-0.2, 0) is 6.54 Å². The van der Waals surface area contributed by atoms with Crippen LogP contribution < -0.4 is 15.4 Å². The second-order valence-corrected chi connectivity index (χ2v) is 5.36. The highest BCUT2D eigenvalue weighted by Crippen LogP contribution is 2.31. The maximum atomic E-state index is 6.06. The molecule has 2 rings (SSSR count). The summed E-state index contributed by atoms with van der Waals surface area (Å²) in [4.78, 5) is 8.39. The summed E-state index contributed by atoms with van der Waals surface area (Å²) in [6.45, 7) is 1.61. The lowest BCUT2D eigenvalue weighted by atomic mass is 10.3. The molecular formula is C16H18Cl2N4O. The normalized spacial score (nSPS) is 11.2. The molecule has 1 aromatic carbocycles. The second kappa shape index (κ2) is 9.22. The minimum Gasteiger partial charge on any atom is -0.490 e. The van der Waals surface area contributed by atoms with Crippen LogP contribution in [0.15, 0.2) is 47.6 Å². The molecule has 0 radical (unpaired) electrons. The highest BCUT2D eigenvalue weighted by atomic mass is 35.5. The summed E-state index contributed by atoms with van der Waals surface area (Å²) in [7, 11) is 1.71. The minimum absolute atomic E-state index is 0.423. The van der Waals surface area contributed by atoms with Crippen LogP contribution >= 0.6 is 23.2 Å². The molecule has 0 fully saturated rings. The van der Waals surface area contributed by atoms with Crippen molar-refractivity contribution in [3.05, 3.63) is 58.3 Å². The van der Waals surface area contributed by atoms with Gasteiger partial charge in [-0.3, -0.25) is 9.98 Å². The molecule has 0 bridgehead atoms. The maximum absolute atomic E-state index is 6.06. The molecule has 122 valence electrons. The molecule has 2 N–H and O–H groups in total. The number of benzene rings is 1. The Bertz CT molecular complexity index is 650. The molecule has 23 heavy (non-hydrogen) atoms. The van der Waals surface area contributed by atoms with E-state index >= 15 is 0 Å². The number of halogens is 2. The van der Waals surface area contributed by atoms with Gasteiger partial charge in [-0.25, -0.2) is 0 Å². The molecule has 0 saturated heterocycles. The Morgan fingerprint density at radius 1 is 1.17 bits per heavy atom. The zero-order valence-electron chi connectivity index (χ0n) is 12.7. The van der Waals surface area contributed by atoms with E-state index in [0.717, 1.165) is 5.69 Å². The number of ether oxygens (including phenoxy) is 1. The van der Waals surface area contributed by atoms with Crippen molar-refractivity contribution in [3.8, 4) is 5.75 Å². The molecule has 7 heteroatoms. The van der Waals surface area contributed by atoms with E-state index in [1.165, 1.54) is 0 Å². The first-order valence-electron chi connectivity index (χ1n) is 7.12. The maximum Gasteiger partial charge on any atom is 0.191 e. The van der Waals surface area contributed by atoms with E-state index in [1.54, 1.807) is 31.4 Å². The first-order chi connectivity index (χ1) is 11.2. The molecule has 0 unspecified atom stereocenters. The van der Waals surface area contributed by atoms with Gasteiger partial charge in [0, 0.05) is 13.2 Å². The Hall–Kier alpha value is -1.98. The smallest absolute Gasteiger partial charge is 0.191 e. The molecule has 2 aromatic rings. The molecule has 1 aromatic heterocycles. The molecule has 0 amide bonds. The summed E-state index contributed by atoms with van der Waals surface area (Å²) < 4.78 is 5.60. The Morgan fingerprint density at radius 3 is 2.78 bits per heavy atom. The second-order valence-electron chi connectivity index (χ2n) is 4.57. The van der Waals surface area contributed by atoms with Gasteiger partial charge in [-0.1, -0.05) is 35.3 Å². The van der Waals surface area contributed by atoms with Crippen molar-refractivity contribution in [1.82, 2.24) is 15.6 Å². The number of pyridine rings is 1. The Balaban J connectivity index is 1.73. The number of aliphatic imine (C=N–C) groups is 1. The highest BCUT2D eigenvalue weighted by molar-refractivity contribution is 6.42. The summed E-state index contributed by atoms with van der Waals surface area (Å²) in [5.41, 5.74) is 0.942. The van der Waals surface area contributed by atoms with Crippen molar-refractivity contribution in [3.63, 3.8) is 0 Å². The lowest BCUT2D eigenvalue weighted by Gasteiger charge is -2.13. The van der Waals surface area contributed by atoms with E-state index in [9.17, 15) is 0 Å². The third-order valence-electron chi connectivity index (χ3n) is 2.95. The van der Waals surface area contributed by atoms with E-state index in [1.807, 2.05) is 18.2 Å². The minimum atomic E-state index is 0.423. The Kier molecular flexibility index (Phi) is 6.97. The first-order valence-corrected chi connectivity index (χ1v) is 7.87. The summed E-state index contributed by atoms with van der Waals surface area (Å²) in [5, 5.41) is 7.23. The summed E-state index contributed by atoms with van der Waals surface area (Å²) in [6.07, 6.45) is 1.76. The average molecular weight is 353 g/mol. The Morgan fingerprint density at radius 2 is 2.04 bits per heavy atom. The van der Waals surface area contributed by atoms with Crippen molar-refractivity contribution >= 4 is 29.2 Å². The lowest BCUT2D eigenvalue weighted by Crippen LogP contribution is -2.39. The fraction of sp³-hybridized carbons (Fsp3) is 0.250. The van der Waals surface area contributed by atoms with Crippen LogP contribution in [0, 0.1) is 0 Å². The standard InChI is InChI=1S/C16H18Cl2N4O/c1-19-16(22-11-12-5-2-3-8-20-12)21-9-10-23-14-7-4-6-13(17)15(14)18/h2-8H,9-11H2,1H3,(H2,19,21,22). The monoisotopic (exact) mass is 352 g/mol. The van der Waals surface area contributed by atoms with Gasteiger partial charge in [0.1, 0.15) is 17.4 Å². The van der Waals surface area contributed by atoms with Gasteiger partial charge in [-0.2, -0.15) is 0 Å². The van der Waals surface area contributed by atoms with Crippen LogP contribution in [0.3, 0.4) is 0 Å². The predicted molar refractivity (Wildman–Crippen MR) is 94.4 cm³/mol. The van der Waals surface area contributed by atoms with Crippen LogP contribution in [0.2, 0.25) is 10.0 Å². The third kappa shape index (κ3) is 5.62. The van der Waals surface area contributed by atoms with Gasteiger partial charge in [0.15, 0.2) is 5.96 Å². The van der Waals surface area contributed by atoms with E-state index in [0.29, 0.717) is 41.5 Å². The number of aromatic nitrogens is 1. The Labute approximate surface area is 145 Å². The molecule has 0 saturated carbocycles. The van der Waals surface area contributed by atoms with E-state index < -0.39 is 0 Å². The molecule has 0 spiro atoms. The fourth-order valence-corrected chi connectivity index (χ4v) is 2.17. The van der Waals surface area contributed by atoms with E-state index in [2.05, 4.69) is 20.6 Å². The largest absolute Gasteiger partial charge is 0.490 e. The van der Waals surface area contributed by atoms with Gasteiger partial charge in [0.2, 0.25) is 0 Å². The van der Waals surface area contributed by atoms with Crippen molar-refractivity contribution in [2.75, 3.05) is 20.2 Å². The van der Waals surface area contributed by atoms with Crippen LogP contribution in [0.25, 0.3) is 0 Å². The van der Waals surface area contributed by atoms with Gasteiger partial charge in [-0.15, -0.1) is 0 Å². The van der Waals surface area contributed by atoms with Crippen LogP contribution in [0.5, 0.6) is 5.75 Å². The lowest BCUT2D eigenvalue weighted by molar-refractivity contribution is 0.322. The van der Waals surface area contributed by atoms with Crippen LogP contribution in [0.4, 0.5) is 0 Å². The van der Waals surface area contributed by atoms with Gasteiger partial charge < -0.3 is 15.4 Å². The SMILES string of the molecule is CN=C(NCCOc1cccc(Cl)c1Cl)NCc1ccccn1. The fourth-order valence-electron chi connectivity index (χ4n) is 1.82. The summed E-state index contributed by atoms with van der Waals surface area (Å²) in [5.74, 6) is 1.24. The van der Waals surface area contributed by atoms with Crippen molar-refractivity contribution in [2.45, 2.75) is 6.54 Å². The first kappa shape index (κ1) is 17.4. The molecule has 0 aliphatic carbocycles. The van der Waals surface area contributed by atoms with Crippen molar-refractivity contribution in [2.24, 2.45) is 4.99 Å². The molecule has 0 aliphatic rings. The van der Waals surface area contributed by atoms with Crippen molar-refractivity contribution in [1.29, 1.82) is 0 Å². The van der Waals surface area contributed by atoms with E-state index in [4.69, 9.17) is 27.9 Å². The topological polar surface area (TPSA) is 58.5 Å². The molecule has 5 nitrogen and oxygen atoms in total. The highest BCUT2D eigenvalue weighted by Gasteiger charge is 2.05. The van der Waals surface area contributed by atoms with Crippen molar-refractivity contribution < 1.29 is 4.74 Å². The third-order valence-corrected chi connectivity index (χ3v) is 3.76. The van der Waals surface area contributed by atoms with Crippen LogP contribution in [0.1, 0.15) is 5.69 Å². The summed E-state index contributed by atoms with van der Waals surface area (Å²) in [6, 6.07) is 11.1. The zero-order chi connectivity index (χ0) is 16.5. The number of hydrogen-bond acceptors (Lipinski definition) is 3. The number of hydrogen-bond donors (Lipinski definition) is 2. The van der Waals surface area contributed by atoms with Gasteiger partial charge in [0.25, 0.3) is 0 Å². The van der Waals surface area contributed by atoms with Gasteiger partial charge in [-0.05, 0) is 24.3 Å².